The number of sulfone groups is 1. The van der Waals surface area contributed by atoms with E-state index in [1.54, 1.807) is 36.4 Å². The lowest BCUT2D eigenvalue weighted by atomic mass is 9.89. The first-order valence-corrected chi connectivity index (χ1v) is 12.4. The molecule has 1 heterocycles. The minimum atomic E-state index is -3.31. The predicted octanol–water partition coefficient (Wildman–Crippen LogP) is 4.63. The van der Waals surface area contributed by atoms with E-state index >= 15 is 0 Å². The predicted molar refractivity (Wildman–Crippen MR) is 125 cm³/mol. The van der Waals surface area contributed by atoms with Gasteiger partial charge in [-0.05, 0) is 61.1 Å². The number of nitrogens with one attached hydrogen (secondary N) is 2. The third-order valence-electron chi connectivity index (χ3n) is 5.45. The van der Waals surface area contributed by atoms with Crippen molar-refractivity contribution in [3.05, 3.63) is 57.6 Å². The van der Waals surface area contributed by atoms with Crippen LogP contribution in [0.4, 0.5) is 11.4 Å². The average Bonchev–Trinajstić information content (AvgIpc) is 2.94. The highest BCUT2D eigenvalue weighted by Gasteiger charge is 2.39. The van der Waals surface area contributed by atoms with Crippen molar-refractivity contribution in [3.8, 4) is 0 Å². The molecule has 166 valence electrons. The van der Waals surface area contributed by atoms with Gasteiger partial charge in [0.2, 0.25) is 11.8 Å². The van der Waals surface area contributed by atoms with Gasteiger partial charge in [0.05, 0.1) is 11.5 Å². The van der Waals surface area contributed by atoms with Crippen molar-refractivity contribution in [1.29, 1.82) is 0 Å². The Balaban J connectivity index is 1.66. The number of carbonyl (C=O) groups excluding carboxylic acids is 2. The van der Waals surface area contributed by atoms with E-state index in [0.717, 1.165) is 11.1 Å². The molecule has 1 fully saturated rings. The minimum Gasteiger partial charge on any atom is -0.326 e. The summed E-state index contributed by atoms with van der Waals surface area (Å²) in [4.78, 5) is 25.2. The number of halogens is 2. The number of hydrogen-bond acceptors (Lipinski definition) is 4. The molecule has 6 nitrogen and oxygen atoms in total. The summed E-state index contributed by atoms with van der Waals surface area (Å²) in [6, 6.07) is 10.3. The lowest BCUT2D eigenvalue weighted by molar-refractivity contribution is -0.119. The smallest absolute Gasteiger partial charge is 0.224 e. The Kier molecular flexibility index (Phi) is 7.29. The summed E-state index contributed by atoms with van der Waals surface area (Å²) in [5.74, 6) is -1.69. The molecule has 9 heteroatoms. The lowest BCUT2D eigenvalue weighted by Gasteiger charge is -2.18. The lowest BCUT2D eigenvalue weighted by Crippen LogP contribution is -2.25. The van der Waals surface area contributed by atoms with E-state index < -0.39 is 21.7 Å². The van der Waals surface area contributed by atoms with Gasteiger partial charge in [-0.15, -0.1) is 0 Å². The molecular weight excluding hydrogens is 459 g/mol. The first-order chi connectivity index (χ1) is 14.5. The topological polar surface area (TPSA) is 92.3 Å². The number of carbonyl (C=O) groups is 2. The summed E-state index contributed by atoms with van der Waals surface area (Å²) < 4.78 is 24.5. The normalized spacial score (nSPS) is 19.7. The molecule has 1 aliphatic heterocycles. The highest BCUT2D eigenvalue weighted by atomic mass is 35.5. The van der Waals surface area contributed by atoms with Gasteiger partial charge in [-0.2, -0.15) is 0 Å². The zero-order valence-corrected chi connectivity index (χ0v) is 19.6. The SMILES string of the molecule is Cc1ccc(Cl)cc1NC(=O)C[C@@H]1CS(=O)(=O)C[C@@H]1CC(=O)Nc1cc(Cl)ccc1C. The number of rotatable bonds is 6. The standard InChI is InChI=1S/C22H24Cl2N2O4S/c1-13-3-5-17(23)9-19(13)25-21(27)7-15-11-31(29,30)12-16(15)8-22(28)26-20-10-18(24)6-4-14(20)2/h3-6,9-10,15-16H,7-8,11-12H2,1-2H3,(H,25,27)(H,26,28)/t15-,16+. The monoisotopic (exact) mass is 482 g/mol. The quantitative estimate of drug-likeness (QED) is 0.627. The van der Waals surface area contributed by atoms with E-state index in [-0.39, 0.29) is 36.2 Å². The molecule has 0 aromatic heterocycles. The largest absolute Gasteiger partial charge is 0.326 e. The number of benzene rings is 2. The Morgan fingerprint density at radius 3 is 1.61 bits per heavy atom. The number of amides is 2. The Morgan fingerprint density at radius 2 is 1.23 bits per heavy atom. The van der Waals surface area contributed by atoms with Crippen LogP contribution in [-0.2, 0) is 19.4 Å². The summed E-state index contributed by atoms with van der Waals surface area (Å²) in [7, 11) is -3.31. The van der Waals surface area contributed by atoms with Crippen molar-refractivity contribution in [1.82, 2.24) is 0 Å². The van der Waals surface area contributed by atoms with Crippen molar-refractivity contribution in [2.24, 2.45) is 11.8 Å². The van der Waals surface area contributed by atoms with Crippen LogP contribution >= 0.6 is 23.2 Å². The van der Waals surface area contributed by atoms with Crippen molar-refractivity contribution < 1.29 is 18.0 Å². The van der Waals surface area contributed by atoms with Crippen LogP contribution in [0.2, 0.25) is 10.0 Å². The van der Waals surface area contributed by atoms with Gasteiger partial charge in [0.15, 0.2) is 9.84 Å². The van der Waals surface area contributed by atoms with Crippen LogP contribution in [0.25, 0.3) is 0 Å². The van der Waals surface area contributed by atoms with Crippen LogP contribution in [0.5, 0.6) is 0 Å². The fourth-order valence-corrected chi connectivity index (χ4v) is 6.35. The zero-order valence-electron chi connectivity index (χ0n) is 17.2. The van der Waals surface area contributed by atoms with Crippen molar-refractivity contribution in [2.45, 2.75) is 26.7 Å². The van der Waals surface area contributed by atoms with Gasteiger partial charge in [0, 0.05) is 34.3 Å². The number of aryl methyl sites for hydroxylation is 2. The van der Waals surface area contributed by atoms with Crippen molar-refractivity contribution in [2.75, 3.05) is 22.1 Å². The fraction of sp³-hybridized carbons (Fsp3) is 0.364. The Labute approximate surface area is 192 Å². The average molecular weight is 483 g/mol. The van der Waals surface area contributed by atoms with Crippen LogP contribution < -0.4 is 10.6 Å². The second-order valence-electron chi connectivity index (χ2n) is 8.02. The van der Waals surface area contributed by atoms with Gasteiger partial charge in [-0.25, -0.2) is 8.42 Å². The summed E-state index contributed by atoms with van der Waals surface area (Å²) in [5.41, 5.74) is 2.88. The third kappa shape index (κ3) is 6.45. The van der Waals surface area contributed by atoms with Gasteiger partial charge < -0.3 is 10.6 Å². The van der Waals surface area contributed by atoms with Crippen LogP contribution in [0.1, 0.15) is 24.0 Å². The van der Waals surface area contributed by atoms with Gasteiger partial charge >= 0.3 is 0 Å². The number of hydrogen-bond donors (Lipinski definition) is 2. The van der Waals surface area contributed by atoms with Crippen LogP contribution in [0, 0.1) is 25.7 Å². The van der Waals surface area contributed by atoms with E-state index in [1.165, 1.54) is 0 Å². The maximum Gasteiger partial charge on any atom is 0.224 e. The van der Waals surface area contributed by atoms with Gasteiger partial charge in [-0.3, -0.25) is 9.59 Å². The first kappa shape index (κ1) is 23.6. The van der Waals surface area contributed by atoms with E-state index in [9.17, 15) is 18.0 Å². The molecular formula is C22H24Cl2N2O4S. The molecule has 1 aliphatic rings. The van der Waals surface area contributed by atoms with Gasteiger partial charge in [-0.1, -0.05) is 35.3 Å². The van der Waals surface area contributed by atoms with Gasteiger partial charge in [0.1, 0.15) is 0 Å². The maximum atomic E-state index is 12.6. The van der Waals surface area contributed by atoms with Crippen molar-refractivity contribution in [3.63, 3.8) is 0 Å². The molecule has 3 rings (SSSR count). The zero-order chi connectivity index (χ0) is 22.8. The molecule has 31 heavy (non-hydrogen) atoms. The van der Waals surface area contributed by atoms with Crippen molar-refractivity contribution >= 4 is 56.2 Å². The molecule has 2 N–H and O–H groups in total. The Morgan fingerprint density at radius 1 is 0.839 bits per heavy atom. The van der Waals surface area contributed by atoms with Crippen LogP contribution in [0.15, 0.2) is 36.4 Å². The molecule has 0 radical (unpaired) electrons. The first-order valence-electron chi connectivity index (χ1n) is 9.85. The van der Waals surface area contributed by atoms with E-state index in [2.05, 4.69) is 10.6 Å². The summed E-state index contributed by atoms with van der Waals surface area (Å²) >= 11 is 12.0. The molecule has 2 amide bonds. The molecule has 1 saturated heterocycles. The third-order valence-corrected chi connectivity index (χ3v) is 7.79. The molecule has 2 aromatic carbocycles. The molecule has 0 spiro atoms. The minimum absolute atomic E-state index is 0.0132. The summed E-state index contributed by atoms with van der Waals surface area (Å²) in [6.07, 6.45) is 0.0264. The molecule has 0 saturated carbocycles. The molecule has 2 aromatic rings. The molecule has 0 bridgehead atoms. The summed E-state index contributed by atoms with van der Waals surface area (Å²) in [6.45, 7) is 3.69. The second kappa shape index (κ2) is 9.59. The Hall–Kier alpha value is -2.09. The van der Waals surface area contributed by atoms with Crippen LogP contribution in [-0.4, -0.2) is 31.7 Å². The fourth-order valence-electron chi connectivity index (χ4n) is 3.78. The van der Waals surface area contributed by atoms with E-state index in [1.807, 2.05) is 13.8 Å². The molecule has 0 unspecified atom stereocenters. The highest BCUT2D eigenvalue weighted by Crippen LogP contribution is 2.32. The summed E-state index contributed by atoms with van der Waals surface area (Å²) in [5, 5.41) is 6.59. The van der Waals surface area contributed by atoms with Crippen LogP contribution in [0.3, 0.4) is 0 Å². The van der Waals surface area contributed by atoms with E-state index in [4.69, 9.17) is 23.2 Å². The molecule has 0 aliphatic carbocycles. The highest BCUT2D eigenvalue weighted by molar-refractivity contribution is 7.91. The van der Waals surface area contributed by atoms with Gasteiger partial charge in [0.25, 0.3) is 0 Å². The number of anilines is 2. The molecule has 2 atom stereocenters. The second-order valence-corrected chi connectivity index (χ2v) is 11.0. The van der Waals surface area contributed by atoms with E-state index in [0.29, 0.717) is 21.4 Å². The Bertz CT molecular complexity index is 1040. The maximum absolute atomic E-state index is 12.6.